The molecule has 1 aliphatic carbocycles. The molecular formula is C12H22N4O. The number of nitrogens with two attached hydrogens (primary N) is 1. The minimum Gasteiger partial charge on any atom is -0.394 e. The van der Waals surface area contributed by atoms with E-state index in [9.17, 15) is 5.11 Å². The molecule has 1 saturated carbocycles. The first-order valence-corrected chi connectivity index (χ1v) is 6.23. The third kappa shape index (κ3) is 2.24. The molecule has 5 heteroatoms. The lowest BCUT2D eigenvalue weighted by molar-refractivity contribution is 0.0464. The van der Waals surface area contributed by atoms with E-state index in [2.05, 4.69) is 16.9 Å². The molecule has 0 spiro atoms. The Morgan fingerprint density at radius 2 is 2.18 bits per heavy atom. The Kier molecular flexibility index (Phi) is 3.28. The molecule has 0 amide bonds. The topological polar surface area (TPSA) is 67.3 Å². The van der Waals surface area contributed by atoms with Gasteiger partial charge in [-0.2, -0.15) is 5.10 Å². The van der Waals surface area contributed by atoms with Crippen molar-refractivity contribution >= 4 is 11.5 Å². The van der Waals surface area contributed by atoms with Gasteiger partial charge in [-0.15, -0.1) is 0 Å². The molecule has 0 saturated heterocycles. The number of nitrogens with zero attached hydrogens (tertiary/aromatic N) is 3. The van der Waals surface area contributed by atoms with Gasteiger partial charge in [0.2, 0.25) is 0 Å². The molecule has 1 aromatic rings. The molecule has 0 unspecified atom stereocenters. The fraction of sp³-hybridized carbons (Fsp3) is 0.750. The molecule has 1 aliphatic rings. The summed E-state index contributed by atoms with van der Waals surface area (Å²) in [5, 5.41) is 13.7. The summed E-state index contributed by atoms with van der Waals surface area (Å²) in [5.74, 6) is 1.57. The fourth-order valence-electron chi connectivity index (χ4n) is 2.62. The van der Waals surface area contributed by atoms with Crippen molar-refractivity contribution in [3.05, 3.63) is 5.69 Å². The normalized spacial score (nSPS) is 23.5. The molecule has 0 aromatic carbocycles. The highest BCUT2D eigenvalue weighted by Gasteiger charge is 2.29. The second-order valence-corrected chi connectivity index (χ2v) is 5.03. The van der Waals surface area contributed by atoms with Crippen LogP contribution in [0.3, 0.4) is 0 Å². The second-order valence-electron chi connectivity index (χ2n) is 5.03. The number of aromatic nitrogens is 2. The lowest BCUT2D eigenvalue weighted by Gasteiger charge is -2.35. The van der Waals surface area contributed by atoms with Crippen LogP contribution in [0.2, 0.25) is 0 Å². The van der Waals surface area contributed by atoms with Crippen LogP contribution < -0.4 is 10.6 Å². The van der Waals surface area contributed by atoms with E-state index in [1.165, 1.54) is 0 Å². The molecule has 0 bridgehead atoms. The van der Waals surface area contributed by atoms with Gasteiger partial charge >= 0.3 is 0 Å². The van der Waals surface area contributed by atoms with Gasteiger partial charge in [0.05, 0.1) is 17.5 Å². The second kappa shape index (κ2) is 4.56. The molecular weight excluding hydrogens is 216 g/mol. The van der Waals surface area contributed by atoms with Crippen LogP contribution in [0.1, 0.15) is 25.5 Å². The fourth-order valence-corrected chi connectivity index (χ4v) is 2.62. The van der Waals surface area contributed by atoms with E-state index < -0.39 is 0 Å². The molecule has 0 radical (unpaired) electrons. The van der Waals surface area contributed by atoms with Gasteiger partial charge < -0.3 is 15.7 Å². The Morgan fingerprint density at radius 3 is 2.65 bits per heavy atom. The number of hydrogen-bond acceptors (Lipinski definition) is 4. The Morgan fingerprint density at radius 1 is 1.53 bits per heavy atom. The van der Waals surface area contributed by atoms with Crippen molar-refractivity contribution in [3.8, 4) is 0 Å². The monoisotopic (exact) mass is 238 g/mol. The summed E-state index contributed by atoms with van der Waals surface area (Å²) in [6.07, 6.45) is 2.57. The van der Waals surface area contributed by atoms with Crippen molar-refractivity contribution in [2.75, 3.05) is 24.2 Å². The van der Waals surface area contributed by atoms with Crippen LogP contribution in [0.4, 0.5) is 11.5 Å². The van der Waals surface area contributed by atoms with Gasteiger partial charge in [-0.05, 0) is 25.2 Å². The van der Waals surface area contributed by atoms with Gasteiger partial charge in [-0.25, -0.2) is 0 Å². The smallest absolute Gasteiger partial charge is 0.150 e. The van der Waals surface area contributed by atoms with Crippen LogP contribution in [0, 0.1) is 5.92 Å². The first kappa shape index (κ1) is 12.2. The lowest BCUT2D eigenvalue weighted by atomic mass is 9.82. The summed E-state index contributed by atoms with van der Waals surface area (Å²) in [7, 11) is 3.97. The summed E-state index contributed by atoms with van der Waals surface area (Å²) in [6.45, 7) is 2.99. The molecule has 1 fully saturated rings. The number of aliphatic hydroxyl groups excluding tert-OH is 1. The number of hydrogen-bond donors (Lipinski definition) is 2. The Hall–Kier alpha value is -1.23. The molecule has 1 aromatic heterocycles. The standard InChI is InChI=1S/C12H22N4O/c1-4-10-11(13)12(16(3)14-10)15(2)7-8-5-9(17)6-8/h8-9,17H,4-7,13H2,1-3H3. The van der Waals surface area contributed by atoms with Crippen LogP contribution in [0.5, 0.6) is 0 Å². The van der Waals surface area contributed by atoms with Crippen molar-refractivity contribution in [2.45, 2.75) is 32.3 Å². The summed E-state index contributed by atoms with van der Waals surface area (Å²) in [6, 6.07) is 0. The zero-order valence-electron chi connectivity index (χ0n) is 10.8. The van der Waals surface area contributed by atoms with Gasteiger partial charge in [0.1, 0.15) is 5.82 Å². The molecule has 0 aliphatic heterocycles. The van der Waals surface area contributed by atoms with E-state index in [4.69, 9.17) is 5.73 Å². The van der Waals surface area contributed by atoms with E-state index in [0.29, 0.717) is 5.92 Å². The Balaban J connectivity index is 2.08. The van der Waals surface area contributed by atoms with Crippen molar-refractivity contribution in [3.63, 3.8) is 0 Å². The van der Waals surface area contributed by atoms with E-state index >= 15 is 0 Å². The molecule has 96 valence electrons. The molecule has 5 nitrogen and oxygen atoms in total. The quantitative estimate of drug-likeness (QED) is 0.813. The summed E-state index contributed by atoms with van der Waals surface area (Å²) < 4.78 is 1.85. The van der Waals surface area contributed by atoms with Gasteiger partial charge in [0.25, 0.3) is 0 Å². The van der Waals surface area contributed by atoms with Crippen LogP contribution >= 0.6 is 0 Å². The minimum absolute atomic E-state index is 0.0940. The molecule has 1 heterocycles. The first-order chi connectivity index (χ1) is 8.02. The minimum atomic E-state index is -0.0940. The largest absolute Gasteiger partial charge is 0.394 e. The maximum absolute atomic E-state index is 9.29. The molecule has 2 rings (SSSR count). The average molecular weight is 238 g/mol. The van der Waals surface area contributed by atoms with E-state index in [1.54, 1.807) is 0 Å². The highest BCUT2D eigenvalue weighted by Crippen LogP contribution is 2.31. The number of nitrogen functional groups attached to an aromatic ring is 1. The third-order valence-electron chi connectivity index (χ3n) is 3.57. The van der Waals surface area contributed by atoms with Crippen molar-refractivity contribution in [1.82, 2.24) is 9.78 Å². The number of anilines is 2. The van der Waals surface area contributed by atoms with Gasteiger partial charge in [0.15, 0.2) is 0 Å². The van der Waals surface area contributed by atoms with Gasteiger partial charge in [0, 0.05) is 20.6 Å². The highest BCUT2D eigenvalue weighted by molar-refractivity contribution is 5.66. The maximum Gasteiger partial charge on any atom is 0.150 e. The number of rotatable bonds is 4. The Bertz CT molecular complexity index is 395. The van der Waals surface area contributed by atoms with Gasteiger partial charge in [-0.1, -0.05) is 6.92 Å². The zero-order chi connectivity index (χ0) is 12.6. The maximum atomic E-state index is 9.29. The molecule has 0 atom stereocenters. The van der Waals surface area contributed by atoms with E-state index in [1.807, 2.05) is 18.8 Å². The first-order valence-electron chi connectivity index (χ1n) is 6.23. The van der Waals surface area contributed by atoms with E-state index in [0.717, 1.165) is 43.0 Å². The van der Waals surface area contributed by atoms with Crippen LogP contribution in [-0.4, -0.2) is 34.6 Å². The predicted molar refractivity (Wildman–Crippen MR) is 69.0 cm³/mol. The van der Waals surface area contributed by atoms with E-state index in [-0.39, 0.29) is 6.10 Å². The average Bonchev–Trinajstić information content (AvgIpc) is 2.51. The van der Waals surface area contributed by atoms with Crippen LogP contribution in [-0.2, 0) is 13.5 Å². The zero-order valence-corrected chi connectivity index (χ0v) is 10.8. The lowest BCUT2D eigenvalue weighted by Crippen LogP contribution is -2.37. The summed E-state index contributed by atoms with van der Waals surface area (Å²) in [4.78, 5) is 2.15. The number of aryl methyl sites for hydroxylation is 2. The third-order valence-corrected chi connectivity index (χ3v) is 3.57. The van der Waals surface area contributed by atoms with Crippen LogP contribution in [0.15, 0.2) is 0 Å². The number of aliphatic hydroxyl groups is 1. The van der Waals surface area contributed by atoms with Crippen molar-refractivity contribution in [2.24, 2.45) is 13.0 Å². The Labute approximate surface area is 102 Å². The van der Waals surface area contributed by atoms with Crippen molar-refractivity contribution in [1.29, 1.82) is 0 Å². The van der Waals surface area contributed by atoms with Crippen LogP contribution in [0.25, 0.3) is 0 Å². The highest BCUT2D eigenvalue weighted by atomic mass is 16.3. The van der Waals surface area contributed by atoms with Crippen molar-refractivity contribution < 1.29 is 5.11 Å². The SMILES string of the molecule is CCc1nn(C)c(N(C)CC2CC(O)C2)c1N. The molecule has 17 heavy (non-hydrogen) atoms. The molecule has 3 N–H and O–H groups in total. The summed E-state index contributed by atoms with van der Waals surface area (Å²) in [5.41, 5.74) is 7.85. The van der Waals surface area contributed by atoms with Gasteiger partial charge in [-0.3, -0.25) is 4.68 Å². The summed E-state index contributed by atoms with van der Waals surface area (Å²) >= 11 is 0. The predicted octanol–water partition coefficient (Wildman–Crippen LogP) is 0.772.